The van der Waals surface area contributed by atoms with Crippen molar-refractivity contribution in [2.45, 2.75) is 12.5 Å². The third-order valence-corrected chi connectivity index (χ3v) is 5.52. The van der Waals surface area contributed by atoms with Gasteiger partial charge in [-0.05, 0) is 22.8 Å². The third-order valence-electron chi connectivity index (χ3n) is 5.52. The van der Waals surface area contributed by atoms with Gasteiger partial charge in [-0.15, -0.1) is 0 Å². The largest absolute Gasteiger partial charge is 0.333 e. The van der Waals surface area contributed by atoms with Crippen LogP contribution in [0.2, 0.25) is 0 Å². The van der Waals surface area contributed by atoms with Crippen molar-refractivity contribution < 1.29 is 4.79 Å². The molecule has 2 aromatic heterocycles. The Morgan fingerprint density at radius 2 is 1.77 bits per heavy atom. The molecule has 0 saturated carbocycles. The predicted molar refractivity (Wildman–Crippen MR) is 112 cm³/mol. The van der Waals surface area contributed by atoms with Crippen LogP contribution < -0.4 is 11.2 Å². The molecule has 5 rings (SSSR count). The number of amides is 1. The molecule has 3 heterocycles. The van der Waals surface area contributed by atoms with E-state index in [0.717, 1.165) is 11.1 Å². The van der Waals surface area contributed by atoms with Gasteiger partial charge in [0, 0.05) is 25.2 Å². The average Bonchev–Trinajstić information content (AvgIpc) is 2.78. The van der Waals surface area contributed by atoms with Crippen LogP contribution in [0.1, 0.15) is 33.0 Å². The lowest BCUT2D eigenvalue weighted by molar-refractivity contribution is 0.0725. The Hall–Kier alpha value is -4.00. The Morgan fingerprint density at radius 1 is 1.00 bits per heavy atom. The summed E-state index contributed by atoms with van der Waals surface area (Å²) in [5.41, 5.74) is 2.74. The summed E-state index contributed by atoms with van der Waals surface area (Å²) < 4.78 is 0. The number of carbonyl (C=O) groups excluding carboxylic acids is 1. The lowest BCUT2D eigenvalue weighted by atomic mass is 9.84. The number of fused-ring (bicyclic) bond motifs is 2. The first-order valence-electron chi connectivity index (χ1n) is 9.64. The summed E-state index contributed by atoms with van der Waals surface area (Å²) in [5, 5.41) is 0.178. The molecule has 148 valence electrons. The van der Waals surface area contributed by atoms with E-state index < -0.39 is 11.2 Å². The average molecular weight is 398 g/mol. The van der Waals surface area contributed by atoms with Gasteiger partial charge < -0.3 is 4.90 Å². The smallest absolute Gasteiger partial charge is 0.327 e. The molecule has 1 aliphatic rings. The Bertz CT molecular complexity index is 1370. The summed E-state index contributed by atoms with van der Waals surface area (Å²) in [6.45, 7) is 1.01. The van der Waals surface area contributed by atoms with E-state index in [0.29, 0.717) is 18.7 Å². The van der Waals surface area contributed by atoms with Crippen LogP contribution in [0, 0.1) is 0 Å². The van der Waals surface area contributed by atoms with Crippen molar-refractivity contribution in [1.29, 1.82) is 0 Å². The molecule has 1 unspecified atom stereocenters. The van der Waals surface area contributed by atoms with Crippen molar-refractivity contribution in [3.05, 3.63) is 110 Å². The first kappa shape index (κ1) is 18.1. The third kappa shape index (κ3) is 3.10. The van der Waals surface area contributed by atoms with Crippen molar-refractivity contribution in [1.82, 2.24) is 19.9 Å². The highest BCUT2D eigenvalue weighted by Crippen LogP contribution is 2.34. The maximum absolute atomic E-state index is 13.3. The number of carbonyl (C=O) groups is 1. The van der Waals surface area contributed by atoms with E-state index in [-0.39, 0.29) is 22.9 Å². The van der Waals surface area contributed by atoms with Crippen LogP contribution in [-0.4, -0.2) is 32.3 Å². The van der Waals surface area contributed by atoms with Crippen molar-refractivity contribution in [2.24, 2.45) is 0 Å². The maximum atomic E-state index is 13.3. The fourth-order valence-electron chi connectivity index (χ4n) is 4.08. The van der Waals surface area contributed by atoms with Crippen LogP contribution in [0.25, 0.3) is 11.0 Å². The zero-order valence-corrected chi connectivity index (χ0v) is 16.0. The first-order chi connectivity index (χ1) is 14.6. The zero-order chi connectivity index (χ0) is 20.7. The zero-order valence-electron chi connectivity index (χ0n) is 16.0. The van der Waals surface area contributed by atoms with E-state index >= 15 is 0 Å². The van der Waals surface area contributed by atoms with Crippen molar-refractivity contribution >= 4 is 16.9 Å². The number of aromatic nitrogens is 3. The van der Waals surface area contributed by atoms with Crippen LogP contribution in [-0.2, 0) is 6.54 Å². The van der Waals surface area contributed by atoms with Gasteiger partial charge in [0.1, 0.15) is 5.65 Å². The number of hydrogen-bond donors (Lipinski definition) is 2. The van der Waals surface area contributed by atoms with Gasteiger partial charge in [-0.2, -0.15) is 0 Å². The predicted octanol–water partition coefficient (Wildman–Crippen LogP) is 2.40. The maximum Gasteiger partial charge on any atom is 0.327 e. The SMILES string of the molecule is O=C(c1cnc2[nH]c(=O)[nH]c(=O)c2c1)N1Cc2ccccc2C(c2ccccc2)C1. The summed E-state index contributed by atoms with van der Waals surface area (Å²) in [5.74, 6) is -0.140. The number of hydrogen-bond acceptors (Lipinski definition) is 4. The normalized spacial score (nSPS) is 15.7. The number of benzene rings is 2. The molecule has 0 radical (unpaired) electrons. The Balaban J connectivity index is 1.54. The highest BCUT2D eigenvalue weighted by atomic mass is 16.2. The van der Waals surface area contributed by atoms with Gasteiger partial charge in [-0.3, -0.25) is 19.6 Å². The Morgan fingerprint density at radius 3 is 2.60 bits per heavy atom. The lowest BCUT2D eigenvalue weighted by Crippen LogP contribution is -2.38. The number of nitrogens with zero attached hydrogens (tertiary/aromatic N) is 2. The summed E-state index contributed by atoms with van der Waals surface area (Å²) in [4.78, 5) is 47.4. The van der Waals surface area contributed by atoms with E-state index in [1.807, 2.05) is 36.4 Å². The van der Waals surface area contributed by atoms with Gasteiger partial charge in [0.25, 0.3) is 11.5 Å². The molecule has 1 atom stereocenters. The molecule has 0 spiro atoms. The van der Waals surface area contributed by atoms with Crippen LogP contribution in [0.4, 0.5) is 0 Å². The Kier molecular flexibility index (Phi) is 4.28. The van der Waals surface area contributed by atoms with Crippen LogP contribution in [0.5, 0.6) is 0 Å². The van der Waals surface area contributed by atoms with Crippen LogP contribution >= 0.6 is 0 Å². The van der Waals surface area contributed by atoms with Crippen molar-refractivity contribution in [3.8, 4) is 0 Å². The molecule has 2 N–H and O–H groups in total. The highest BCUT2D eigenvalue weighted by Gasteiger charge is 2.29. The Labute approximate surface area is 171 Å². The number of rotatable bonds is 2. The van der Waals surface area contributed by atoms with E-state index in [2.05, 4.69) is 33.2 Å². The molecule has 7 heteroatoms. The first-order valence-corrected chi connectivity index (χ1v) is 9.64. The van der Waals surface area contributed by atoms with Gasteiger partial charge in [-0.1, -0.05) is 54.6 Å². The van der Waals surface area contributed by atoms with E-state index in [9.17, 15) is 14.4 Å². The number of aromatic amines is 2. The molecular formula is C23H18N4O3. The molecule has 1 aliphatic heterocycles. The summed E-state index contributed by atoms with van der Waals surface area (Å²) in [6, 6.07) is 19.8. The number of nitrogens with one attached hydrogen (secondary N) is 2. The topological polar surface area (TPSA) is 98.9 Å². The molecule has 1 amide bonds. The standard InChI is InChI=1S/C23H18N4O3/c28-21-18-10-16(11-24-20(18)25-23(30)26-21)22(29)27-12-15-8-4-5-9-17(15)19(13-27)14-6-2-1-3-7-14/h1-11,19H,12-13H2,(H2,24,25,26,28,30). The molecular weight excluding hydrogens is 380 g/mol. The number of pyridine rings is 1. The molecule has 0 fully saturated rings. The van der Waals surface area contributed by atoms with Crippen LogP contribution in [0.15, 0.2) is 76.4 Å². The minimum Gasteiger partial charge on any atom is -0.333 e. The molecule has 0 aliphatic carbocycles. The molecule has 30 heavy (non-hydrogen) atoms. The van der Waals surface area contributed by atoms with Gasteiger partial charge >= 0.3 is 5.69 Å². The van der Waals surface area contributed by atoms with Crippen molar-refractivity contribution in [3.63, 3.8) is 0 Å². The van der Waals surface area contributed by atoms with Gasteiger partial charge in [0.05, 0.1) is 10.9 Å². The van der Waals surface area contributed by atoms with Gasteiger partial charge in [0.2, 0.25) is 0 Å². The van der Waals surface area contributed by atoms with E-state index in [1.54, 1.807) is 4.90 Å². The van der Waals surface area contributed by atoms with Crippen LogP contribution in [0.3, 0.4) is 0 Å². The molecule has 4 aromatic rings. The van der Waals surface area contributed by atoms with Crippen molar-refractivity contribution in [2.75, 3.05) is 6.54 Å². The second-order valence-electron chi connectivity index (χ2n) is 7.38. The molecule has 0 bridgehead atoms. The highest BCUT2D eigenvalue weighted by molar-refractivity contribution is 5.96. The van der Waals surface area contributed by atoms with Gasteiger partial charge in [0.15, 0.2) is 0 Å². The fourth-order valence-corrected chi connectivity index (χ4v) is 4.08. The fraction of sp³-hybridized carbons (Fsp3) is 0.130. The van der Waals surface area contributed by atoms with E-state index in [1.165, 1.54) is 17.8 Å². The molecule has 7 nitrogen and oxygen atoms in total. The summed E-state index contributed by atoms with van der Waals surface area (Å²) in [6.07, 6.45) is 1.40. The minimum absolute atomic E-state index is 0.0632. The van der Waals surface area contributed by atoms with Gasteiger partial charge in [-0.25, -0.2) is 9.78 Å². The number of H-pyrrole nitrogens is 2. The summed E-state index contributed by atoms with van der Waals surface area (Å²) >= 11 is 0. The minimum atomic E-state index is -0.627. The molecule has 0 saturated heterocycles. The second-order valence-corrected chi connectivity index (χ2v) is 7.38. The second kappa shape index (κ2) is 7.11. The quantitative estimate of drug-likeness (QED) is 0.542. The lowest BCUT2D eigenvalue weighted by Gasteiger charge is -2.35. The monoisotopic (exact) mass is 398 g/mol. The molecule has 2 aromatic carbocycles. The summed E-state index contributed by atoms with van der Waals surface area (Å²) in [7, 11) is 0. The van der Waals surface area contributed by atoms with E-state index in [4.69, 9.17) is 0 Å².